The molecular weight excluding hydrogens is 236 g/mol. The Morgan fingerprint density at radius 2 is 1.88 bits per heavy atom. The maximum Gasteiger partial charge on any atom is 0.170 e. The number of Topliss-reactive ketones (excluding diaryl/α,β-unsaturated/α-hetero) is 1. The molecule has 8 heavy (non-hydrogen) atoms. The van der Waals surface area contributed by atoms with Gasteiger partial charge in [-0.1, -0.05) is 15.9 Å². The van der Waals surface area contributed by atoms with Crippen LogP contribution in [0.2, 0.25) is 0 Å². The lowest BCUT2D eigenvalue weighted by molar-refractivity contribution is -0.114. The highest BCUT2D eigenvalue weighted by Crippen LogP contribution is 2.30. The first-order valence-corrected chi connectivity index (χ1v) is 3.88. The van der Waals surface area contributed by atoms with Crippen LogP contribution in [0.3, 0.4) is 0 Å². The van der Waals surface area contributed by atoms with E-state index in [1.54, 1.807) is 0 Å². The minimum atomic E-state index is 0.205. The Balaban J connectivity index is 2.86. The molecule has 0 atom stereocenters. The second kappa shape index (κ2) is 2.31. The molecule has 0 amide bonds. The third-order valence-corrected chi connectivity index (χ3v) is 3.30. The van der Waals surface area contributed by atoms with Crippen LogP contribution in [0.1, 0.15) is 12.8 Å². The van der Waals surface area contributed by atoms with Crippen LogP contribution in [-0.2, 0) is 4.79 Å². The maximum atomic E-state index is 10.6. The zero-order chi connectivity index (χ0) is 6.15. The Labute approximate surface area is 64.4 Å². The number of rotatable bonds is 0. The lowest BCUT2D eigenvalue weighted by atomic mass is 10.3. The average Bonchev–Trinajstić information content (AvgIpc) is 1.98. The van der Waals surface area contributed by atoms with E-state index in [0.29, 0.717) is 6.42 Å². The average molecular weight is 240 g/mol. The molecule has 0 fully saturated rings. The third kappa shape index (κ3) is 1.03. The fraction of sp³-hybridized carbons (Fsp3) is 0.400. The first-order chi connectivity index (χ1) is 3.72. The number of allylic oxidation sites excluding steroid dienone is 2. The summed E-state index contributed by atoms with van der Waals surface area (Å²) < 4.78 is 1.72. The minimum Gasteiger partial charge on any atom is -0.294 e. The Morgan fingerprint density at radius 3 is 2.00 bits per heavy atom. The maximum absolute atomic E-state index is 10.6. The molecule has 0 aliphatic heterocycles. The molecule has 3 heteroatoms. The molecule has 44 valence electrons. The van der Waals surface area contributed by atoms with Gasteiger partial charge in [0, 0.05) is 10.9 Å². The van der Waals surface area contributed by atoms with E-state index in [0.717, 1.165) is 15.4 Å². The van der Waals surface area contributed by atoms with Crippen molar-refractivity contribution in [2.75, 3.05) is 0 Å². The van der Waals surface area contributed by atoms with Gasteiger partial charge in [-0.3, -0.25) is 4.79 Å². The second-order valence-corrected chi connectivity index (χ2v) is 3.39. The smallest absolute Gasteiger partial charge is 0.170 e. The van der Waals surface area contributed by atoms with Gasteiger partial charge in [-0.25, -0.2) is 0 Å². The number of carbonyl (C=O) groups excluding carboxylic acids is 1. The molecule has 0 aromatic heterocycles. The quantitative estimate of drug-likeness (QED) is 0.635. The summed E-state index contributed by atoms with van der Waals surface area (Å²) in [6.07, 6.45) is 1.51. The first-order valence-electron chi connectivity index (χ1n) is 2.29. The number of ketones is 1. The largest absolute Gasteiger partial charge is 0.294 e. The van der Waals surface area contributed by atoms with Gasteiger partial charge in [-0.2, -0.15) is 0 Å². The zero-order valence-electron chi connectivity index (χ0n) is 4.08. The standard InChI is InChI=1S/C5H4Br2O/c6-3-1-2-4(8)5(3)7/h1-2H2. The van der Waals surface area contributed by atoms with E-state index < -0.39 is 0 Å². The Hall–Kier alpha value is 0.370. The minimum absolute atomic E-state index is 0.205. The molecule has 1 nitrogen and oxygen atoms in total. The van der Waals surface area contributed by atoms with Gasteiger partial charge in [-0.05, 0) is 22.4 Å². The topological polar surface area (TPSA) is 17.1 Å². The molecular formula is C5H4Br2O. The van der Waals surface area contributed by atoms with Crippen LogP contribution in [0.4, 0.5) is 0 Å². The monoisotopic (exact) mass is 238 g/mol. The second-order valence-electron chi connectivity index (χ2n) is 1.64. The lowest BCUT2D eigenvalue weighted by Crippen LogP contribution is -1.86. The van der Waals surface area contributed by atoms with Crippen LogP contribution in [0, 0.1) is 0 Å². The van der Waals surface area contributed by atoms with E-state index in [4.69, 9.17) is 0 Å². The van der Waals surface area contributed by atoms with Gasteiger partial charge < -0.3 is 0 Å². The van der Waals surface area contributed by atoms with Gasteiger partial charge in [0.1, 0.15) is 0 Å². The Bertz CT molecular complexity index is 160. The first kappa shape index (κ1) is 6.49. The molecule has 1 rings (SSSR count). The van der Waals surface area contributed by atoms with E-state index >= 15 is 0 Å². The van der Waals surface area contributed by atoms with Gasteiger partial charge in [-0.15, -0.1) is 0 Å². The summed E-state index contributed by atoms with van der Waals surface area (Å²) in [4.78, 5) is 10.6. The fourth-order valence-corrected chi connectivity index (χ4v) is 1.41. The van der Waals surface area contributed by atoms with Crippen molar-refractivity contribution in [3.05, 3.63) is 8.96 Å². The molecule has 0 saturated heterocycles. The van der Waals surface area contributed by atoms with Gasteiger partial charge in [0.15, 0.2) is 5.78 Å². The number of halogens is 2. The highest BCUT2D eigenvalue weighted by atomic mass is 79.9. The normalized spacial score (nSPS) is 20.5. The van der Waals surface area contributed by atoms with Crippen molar-refractivity contribution in [2.24, 2.45) is 0 Å². The van der Waals surface area contributed by atoms with Gasteiger partial charge in [0.25, 0.3) is 0 Å². The van der Waals surface area contributed by atoms with Crippen LogP contribution in [0.25, 0.3) is 0 Å². The number of carbonyl (C=O) groups is 1. The van der Waals surface area contributed by atoms with Crippen molar-refractivity contribution in [3.63, 3.8) is 0 Å². The summed E-state index contributed by atoms with van der Waals surface area (Å²) in [6, 6.07) is 0. The van der Waals surface area contributed by atoms with Gasteiger partial charge >= 0.3 is 0 Å². The van der Waals surface area contributed by atoms with E-state index in [1.165, 1.54) is 0 Å². The van der Waals surface area contributed by atoms with Crippen LogP contribution in [0.15, 0.2) is 8.96 Å². The Kier molecular flexibility index (Phi) is 1.88. The molecule has 0 saturated carbocycles. The van der Waals surface area contributed by atoms with E-state index in [-0.39, 0.29) is 5.78 Å². The molecule has 0 unspecified atom stereocenters. The van der Waals surface area contributed by atoms with Crippen molar-refractivity contribution in [1.29, 1.82) is 0 Å². The number of hydrogen-bond acceptors (Lipinski definition) is 1. The van der Waals surface area contributed by atoms with Crippen LogP contribution >= 0.6 is 31.9 Å². The van der Waals surface area contributed by atoms with Crippen LogP contribution < -0.4 is 0 Å². The highest BCUT2D eigenvalue weighted by Gasteiger charge is 2.17. The molecule has 0 N–H and O–H groups in total. The molecule has 0 heterocycles. The van der Waals surface area contributed by atoms with Crippen LogP contribution in [0.5, 0.6) is 0 Å². The summed E-state index contributed by atoms with van der Waals surface area (Å²) in [6.45, 7) is 0. The van der Waals surface area contributed by atoms with Gasteiger partial charge in [0.2, 0.25) is 0 Å². The summed E-state index contributed by atoms with van der Waals surface area (Å²) in [7, 11) is 0. The predicted octanol–water partition coefficient (Wildman–Crippen LogP) is 2.35. The lowest BCUT2D eigenvalue weighted by Gasteiger charge is -1.81. The molecule has 0 radical (unpaired) electrons. The summed E-state index contributed by atoms with van der Waals surface area (Å²) in [5.41, 5.74) is 0. The molecule has 0 bridgehead atoms. The van der Waals surface area contributed by atoms with Crippen LogP contribution in [-0.4, -0.2) is 5.78 Å². The SMILES string of the molecule is O=C1CCC(Br)=C1Br. The summed E-state index contributed by atoms with van der Waals surface area (Å²) in [5, 5.41) is 0. The van der Waals surface area contributed by atoms with E-state index in [2.05, 4.69) is 31.9 Å². The molecule has 1 aliphatic carbocycles. The molecule has 1 aliphatic rings. The van der Waals surface area contributed by atoms with Crippen molar-refractivity contribution in [2.45, 2.75) is 12.8 Å². The number of hydrogen-bond donors (Lipinski definition) is 0. The van der Waals surface area contributed by atoms with Crippen molar-refractivity contribution >= 4 is 37.6 Å². The molecule has 0 aromatic rings. The molecule has 0 spiro atoms. The fourth-order valence-electron chi connectivity index (χ4n) is 0.594. The van der Waals surface area contributed by atoms with E-state index in [9.17, 15) is 4.79 Å². The summed E-state index contributed by atoms with van der Waals surface area (Å²) in [5.74, 6) is 0.205. The van der Waals surface area contributed by atoms with Crippen molar-refractivity contribution in [3.8, 4) is 0 Å². The predicted molar refractivity (Wildman–Crippen MR) is 39.1 cm³/mol. The summed E-state index contributed by atoms with van der Waals surface area (Å²) >= 11 is 6.41. The van der Waals surface area contributed by atoms with Crippen molar-refractivity contribution < 1.29 is 4.79 Å². The molecule has 0 aromatic carbocycles. The Morgan fingerprint density at radius 1 is 1.25 bits per heavy atom. The van der Waals surface area contributed by atoms with Crippen molar-refractivity contribution in [1.82, 2.24) is 0 Å². The highest BCUT2D eigenvalue weighted by molar-refractivity contribution is 9.14. The van der Waals surface area contributed by atoms with E-state index in [1.807, 2.05) is 0 Å². The zero-order valence-corrected chi connectivity index (χ0v) is 7.25. The third-order valence-electron chi connectivity index (χ3n) is 1.05. The van der Waals surface area contributed by atoms with Gasteiger partial charge in [0.05, 0.1) is 4.48 Å².